The molecule has 2 saturated heterocycles. The van der Waals surface area contributed by atoms with Crippen LogP contribution in [0.5, 0.6) is 0 Å². The van der Waals surface area contributed by atoms with E-state index in [1.807, 2.05) is 12.1 Å². The maximum atomic E-state index is 13.1. The van der Waals surface area contributed by atoms with Gasteiger partial charge in [0.25, 0.3) is 5.91 Å². The Labute approximate surface area is 186 Å². The zero-order chi connectivity index (χ0) is 22.0. The predicted molar refractivity (Wildman–Crippen MR) is 118 cm³/mol. The third-order valence-electron chi connectivity index (χ3n) is 6.20. The van der Waals surface area contributed by atoms with E-state index in [-0.39, 0.29) is 18.2 Å². The minimum atomic E-state index is -0.454. The van der Waals surface area contributed by atoms with Crippen molar-refractivity contribution in [3.63, 3.8) is 0 Å². The molecule has 0 aromatic heterocycles. The van der Waals surface area contributed by atoms with Gasteiger partial charge >= 0.3 is 5.97 Å². The Hall–Kier alpha value is -2.70. The Morgan fingerprint density at radius 2 is 1.68 bits per heavy atom. The van der Waals surface area contributed by atoms with E-state index in [4.69, 9.17) is 16.3 Å². The normalized spacial score (nSPS) is 20.3. The van der Waals surface area contributed by atoms with Gasteiger partial charge in [0, 0.05) is 5.02 Å². The first-order valence-electron chi connectivity index (χ1n) is 10.5. The monoisotopic (exact) mass is 440 g/mol. The van der Waals surface area contributed by atoms with Crippen LogP contribution in [-0.2, 0) is 20.7 Å². The summed E-state index contributed by atoms with van der Waals surface area (Å²) in [6, 6.07) is 13.9. The molecule has 1 atom stereocenters. The van der Waals surface area contributed by atoms with Crippen molar-refractivity contribution in [2.45, 2.75) is 31.7 Å². The van der Waals surface area contributed by atoms with E-state index in [1.54, 1.807) is 24.3 Å². The molecule has 0 spiro atoms. The number of hydrogen-bond acceptors (Lipinski definition) is 5. The van der Waals surface area contributed by atoms with Gasteiger partial charge in [-0.3, -0.25) is 14.5 Å². The van der Waals surface area contributed by atoms with Crippen LogP contribution in [0.2, 0.25) is 5.02 Å². The summed E-state index contributed by atoms with van der Waals surface area (Å²) >= 11 is 5.97. The number of methoxy groups -OCH3 is 1. The highest BCUT2D eigenvalue weighted by atomic mass is 35.5. The highest BCUT2D eigenvalue weighted by Crippen LogP contribution is 2.30. The molecule has 0 bridgehead atoms. The largest absolute Gasteiger partial charge is 0.465 e. The Balaban J connectivity index is 1.37. The topological polar surface area (TPSA) is 66.9 Å². The second-order valence-corrected chi connectivity index (χ2v) is 8.57. The second-order valence-electron chi connectivity index (χ2n) is 8.14. The molecule has 0 radical (unpaired) electrons. The van der Waals surface area contributed by atoms with Gasteiger partial charge in [-0.15, -0.1) is 0 Å². The van der Waals surface area contributed by atoms with Crippen LogP contribution in [0.25, 0.3) is 0 Å². The SMILES string of the molecule is COC(=O)c1ccc(N2C(=O)C[C@@H](N3CCC(Cc4ccc(Cl)cc4)CC3)C2=O)cc1. The number of esters is 1. The first-order valence-corrected chi connectivity index (χ1v) is 10.9. The van der Waals surface area contributed by atoms with Crippen LogP contribution in [0.1, 0.15) is 35.2 Å². The third-order valence-corrected chi connectivity index (χ3v) is 6.45. The Morgan fingerprint density at radius 3 is 2.29 bits per heavy atom. The van der Waals surface area contributed by atoms with E-state index in [1.165, 1.54) is 17.6 Å². The van der Waals surface area contributed by atoms with Gasteiger partial charge < -0.3 is 4.74 Å². The highest BCUT2D eigenvalue weighted by Gasteiger charge is 2.43. The lowest BCUT2D eigenvalue weighted by Crippen LogP contribution is -2.46. The van der Waals surface area contributed by atoms with Gasteiger partial charge in [-0.1, -0.05) is 23.7 Å². The summed E-state index contributed by atoms with van der Waals surface area (Å²) in [6.45, 7) is 1.61. The summed E-state index contributed by atoms with van der Waals surface area (Å²) in [7, 11) is 1.31. The first kappa shape index (κ1) is 21.5. The van der Waals surface area contributed by atoms with Crippen LogP contribution >= 0.6 is 11.6 Å². The maximum Gasteiger partial charge on any atom is 0.337 e. The molecule has 162 valence electrons. The number of rotatable bonds is 5. The van der Waals surface area contributed by atoms with E-state index in [0.717, 1.165) is 37.4 Å². The number of carbonyl (C=O) groups is 3. The highest BCUT2D eigenvalue weighted by molar-refractivity contribution is 6.30. The van der Waals surface area contributed by atoms with Crippen molar-refractivity contribution in [3.05, 3.63) is 64.7 Å². The smallest absolute Gasteiger partial charge is 0.337 e. The number of carbonyl (C=O) groups excluding carboxylic acids is 3. The van der Waals surface area contributed by atoms with Crippen LogP contribution in [0.15, 0.2) is 48.5 Å². The standard InChI is InChI=1S/C24H25ClN2O4/c1-31-24(30)18-4-8-20(9-5-18)27-22(28)15-21(23(27)29)26-12-10-17(11-13-26)14-16-2-6-19(25)7-3-16/h2-9,17,21H,10-15H2,1H3/t21-/m1/s1. The number of amides is 2. The molecular weight excluding hydrogens is 416 g/mol. The fourth-order valence-corrected chi connectivity index (χ4v) is 4.59. The second kappa shape index (κ2) is 9.20. The zero-order valence-electron chi connectivity index (χ0n) is 17.4. The van der Waals surface area contributed by atoms with Gasteiger partial charge in [0.1, 0.15) is 0 Å². The summed E-state index contributed by atoms with van der Waals surface area (Å²) in [6.07, 6.45) is 3.18. The van der Waals surface area contributed by atoms with Crippen LogP contribution in [0.4, 0.5) is 5.69 Å². The predicted octanol–water partition coefficient (Wildman–Crippen LogP) is 3.71. The number of hydrogen-bond donors (Lipinski definition) is 0. The lowest BCUT2D eigenvalue weighted by atomic mass is 9.89. The number of nitrogens with zero attached hydrogens (tertiary/aromatic N) is 2. The number of piperidine rings is 1. The fourth-order valence-electron chi connectivity index (χ4n) is 4.46. The quantitative estimate of drug-likeness (QED) is 0.523. The molecule has 2 aromatic rings. The lowest BCUT2D eigenvalue weighted by Gasteiger charge is -2.34. The van der Waals surface area contributed by atoms with Gasteiger partial charge in [0.2, 0.25) is 5.91 Å². The van der Waals surface area contributed by atoms with E-state index in [0.29, 0.717) is 17.2 Å². The number of anilines is 1. The maximum absolute atomic E-state index is 13.1. The molecular formula is C24H25ClN2O4. The van der Waals surface area contributed by atoms with E-state index in [9.17, 15) is 14.4 Å². The number of ether oxygens (including phenoxy) is 1. The molecule has 2 aliphatic rings. The summed E-state index contributed by atoms with van der Waals surface area (Å²) in [5.41, 5.74) is 2.14. The van der Waals surface area contributed by atoms with Crippen LogP contribution in [0, 0.1) is 5.92 Å². The molecule has 2 heterocycles. The Bertz CT molecular complexity index is 966. The van der Waals surface area contributed by atoms with Crippen molar-refractivity contribution < 1.29 is 19.1 Å². The molecule has 4 rings (SSSR count). The van der Waals surface area contributed by atoms with Crippen molar-refractivity contribution in [2.75, 3.05) is 25.1 Å². The van der Waals surface area contributed by atoms with Crippen molar-refractivity contribution in [2.24, 2.45) is 5.92 Å². The van der Waals surface area contributed by atoms with Crippen molar-refractivity contribution in [1.82, 2.24) is 4.90 Å². The lowest BCUT2D eigenvalue weighted by molar-refractivity contribution is -0.123. The molecule has 0 N–H and O–H groups in total. The number of benzene rings is 2. The molecule has 7 heteroatoms. The van der Waals surface area contributed by atoms with E-state index >= 15 is 0 Å². The number of halogens is 1. The third kappa shape index (κ3) is 4.65. The van der Waals surface area contributed by atoms with Crippen molar-refractivity contribution in [3.8, 4) is 0 Å². The molecule has 2 amide bonds. The van der Waals surface area contributed by atoms with E-state index in [2.05, 4.69) is 17.0 Å². The van der Waals surface area contributed by atoms with Crippen LogP contribution in [-0.4, -0.2) is 48.9 Å². The van der Waals surface area contributed by atoms with Gasteiger partial charge in [-0.2, -0.15) is 0 Å². The average molecular weight is 441 g/mol. The summed E-state index contributed by atoms with van der Waals surface area (Å²) < 4.78 is 4.69. The summed E-state index contributed by atoms with van der Waals surface area (Å²) in [5, 5.41) is 0.743. The molecule has 6 nitrogen and oxygen atoms in total. The minimum absolute atomic E-state index is 0.188. The van der Waals surface area contributed by atoms with Crippen molar-refractivity contribution >= 4 is 35.1 Å². The molecule has 0 unspecified atom stereocenters. The van der Waals surface area contributed by atoms with Gasteiger partial charge in [-0.25, -0.2) is 9.69 Å². The molecule has 2 aliphatic heterocycles. The van der Waals surface area contributed by atoms with Crippen LogP contribution < -0.4 is 4.90 Å². The van der Waals surface area contributed by atoms with Gasteiger partial charge in [-0.05, 0) is 80.2 Å². The molecule has 0 saturated carbocycles. The number of likely N-dealkylation sites (tertiary alicyclic amines) is 1. The minimum Gasteiger partial charge on any atom is -0.465 e. The van der Waals surface area contributed by atoms with Gasteiger partial charge in [0.05, 0.1) is 30.8 Å². The Morgan fingerprint density at radius 1 is 1.03 bits per heavy atom. The van der Waals surface area contributed by atoms with Crippen LogP contribution in [0.3, 0.4) is 0 Å². The molecule has 2 aromatic carbocycles. The first-order chi connectivity index (χ1) is 15.0. The Kier molecular flexibility index (Phi) is 6.39. The van der Waals surface area contributed by atoms with Crippen molar-refractivity contribution in [1.29, 1.82) is 0 Å². The number of imide groups is 1. The summed E-state index contributed by atoms with van der Waals surface area (Å²) in [4.78, 5) is 40.7. The fraction of sp³-hybridized carbons (Fsp3) is 0.375. The summed E-state index contributed by atoms with van der Waals surface area (Å²) in [5.74, 6) is -0.285. The molecule has 0 aliphatic carbocycles. The van der Waals surface area contributed by atoms with E-state index < -0.39 is 12.0 Å². The average Bonchev–Trinajstić information content (AvgIpc) is 3.09. The van der Waals surface area contributed by atoms with Gasteiger partial charge in [0.15, 0.2) is 0 Å². The molecule has 31 heavy (non-hydrogen) atoms. The molecule has 2 fully saturated rings. The zero-order valence-corrected chi connectivity index (χ0v) is 18.2.